The molecular weight excluding hydrogens is 323 g/mol. The first kappa shape index (κ1) is 16.3. The second-order valence-corrected chi connectivity index (χ2v) is 5.69. The molecular formula is C15H16F3N5O. The van der Waals surface area contributed by atoms with Crippen molar-refractivity contribution < 1.29 is 18.0 Å². The van der Waals surface area contributed by atoms with E-state index in [2.05, 4.69) is 15.4 Å². The molecule has 0 radical (unpaired) electrons. The minimum Gasteiger partial charge on any atom is -0.324 e. The number of urea groups is 1. The summed E-state index contributed by atoms with van der Waals surface area (Å²) in [5.41, 5.74) is -0.0687. The van der Waals surface area contributed by atoms with Crippen molar-refractivity contribution in [1.82, 2.24) is 19.7 Å². The van der Waals surface area contributed by atoms with Crippen LogP contribution in [0.3, 0.4) is 0 Å². The minimum atomic E-state index is -4.36. The van der Waals surface area contributed by atoms with Crippen LogP contribution < -0.4 is 5.32 Å². The number of nitrogens with zero attached hydrogens (tertiary/aromatic N) is 4. The van der Waals surface area contributed by atoms with Crippen molar-refractivity contribution in [3.05, 3.63) is 41.7 Å². The quantitative estimate of drug-likeness (QED) is 0.915. The van der Waals surface area contributed by atoms with Gasteiger partial charge in [0.05, 0.1) is 5.56 Å². The third-order valence-electron chi connectivity index (χ3n) is 4.09. The normalized spacial score (nSPS) is 18.0. The Morgan fingerprint density at radius 2 is 2.17 bits per heavy atom. The van der Waals surface area contributed by atoms with E-state index in [4.69, 9.17) is 0 Å². The van der Waals surface area contributed by atoms with E-state index in [-0.39, 0.29) is 11.9 Å². The Kier molecular flexibility index (Phi) is 4.16. The van der Waals surface area contributed by atoms with E-state index in [1.165, 1.54) is 17.1 Å². The summed E-state index contributed by atoms with van der Waals surface area (Å²) in [5.74, 6) is 0.208. The largest absolute Gasteiger partial charge is 0.416 e. The molecule has 0 bridgehead atoms. The number of carbonyl (C=O) groups excluding carboxylic acids is 1. The molecule has 1 fully saturated rings. The first-order chi connectivity index (χ1) is 11.3. The fourth-order valence-electron chi connectivity index (χ4n) is 2.77. The number of halogens is 3. The average Bonchev–Trinajstić information content (AvgIpc) is 3.16. The average molecular weight is 339 g/mol. The maximum absolute atomic E-state index is 12.8. The Hall–Kier alpha value is -2.58. The molecule has 1 aromatic heterocycles. The van der Waals surface area contributed by atoms with E-state index in [0.29, 0.717) is 31.0 Å². The minimum absolute atomic E-state index is 0.113. The summed E-state index contributed by atoms with van der Waals surface area (Å²) in [5, 5.41) is 6.49. The third-order valence-corrected chi connectivity index (χ3v) is 4.09. The number of rotatable bonds is 2. The van der Waals surface area contributed by atoms with Gasteiger partial charge in [0, 0.05) is 26.1 Å². The van der Waals surface area contributed by atoms with E-state index >= 15 is 0 Å². The molecule has 1 saturated heterocycles. The fourth-order valence-corrected chi connectivity index (χ4v) is 2.77. The number of hydrogen-bond donors (Lipinski definition) is 1. The number of amides is 2. The number of hydrogen-bond acceptors (Lipinski definition) is 3. The summed E-state index contributed by atoms with van der Waals surface area (Å²) < 4.78 is 39.9. The molecule has 0 saturated carbocycles. The molecule has 1 atom stereocenters. The molecule has 6 nitrogen and oxygen atoms in total. The van der Waals surface area contributed by atoms with Crippen molar-refractivity contribution in [2.24, 2.45) is 7.05 Å². The highest BCUT2D eigenvalue weighted by atomic mass is 19.4. The predicted molar refractivity (Wildman–Crippen MR) is 80.4 cm³/mol. The fraction of sp³-hybridized carbons (Fsp3) is 0.400. The van der Waals surface area contributed by atoms with E-state index in [9.17, 15) is 18.0 Å². The van der Waals surface area contributed by atoms with Crippen LogP contribution >= 0.6 is 0 Å². The number of nitrogens with one attached hydrogen (secondary N) is 1. The van der Waals surface area contributed by atoms with Crippen molar-refractivity contribution in [3.63, 3.8) is 0 Å². The van der Waals surface area contributed by atoms with Gasteiger partial charge in [0.2, 0.25) is 5.95 Å². The Labute approximate surface area is 136 Å². The molecule has 3 rings (SSSR count). The lowest BCUT2D eigenvalue weighted by molar-refractivity contribution is -0.137. The number of aryl methyl sites for hydroxylation is 1. The van der Waals surface area contributed by atoms with Gasteiger partial charge in [-0.15, -0.1) is 0 Å². The third kappa shape index (κ3) is 3.34. The van der Waals surface area contributed by atoms with Crippen molar-refractivity contribution >= 4 is 12.0 Å². The van der Waals surface area contributed by atoms with Crippen LogP contribution in [-0.2, 0) is 13.2 Å². The lowest BCUT2D eigenvalue weighted by Gasteiger charge is -2.17. The van der Waals surface area contributed by atoms with Gasteiger partial charge in [-0.05, 0) is 18.1 Å². The molecule has 1 aliphatic heterocycles. The van der Waals surface area contributed by atoms with E-state index < -0.39 is 11.7 Å². The summed E-state index contributed by atoms with van der Waals surface area (Å²) in [7, 11) is 1.65. The summed E-state index contributed by atoms with van der Waals surface area (Å²) in [4.78, 5) is 17.7. The molecule has 2 heterocycles. The van der Waals surface area contributed by atoms with Gasteiger partial charge in [-0.25, -0.2) is 9.48 Å². The van der Waals surface area contributed by atoms with Gasteiger partial charge < -0.3 is 4.90 Å². The monoisotopic (exact) mass is 339 g/mol. The van der Waals surface area contributed by atoms with Gasteiger partial charge in [0.1, 0.15) is 6.33 Å². The van der Waals surface area contributed by atoms with E-state index in [1.54, 1.807) is 18.0 Å². The molecule has 128 valence electrons. The van der Waals surface area contributed by atoms with Gasteiger partial charge >= 0.3 is 12.2 Å². The molecule has 2 aromatic rings. The number of carbonyl (C=O) groups is 1. The van der Waals surface area contributed by atoms with Crippen molar-refractivity contribution in [2.75, 3.05) is 18.4 Å². The van der Waals surface area contributed by atoms with Crippen molar-refractivity contribution in [1.29, 1.82) is 0 Å². The standard InChI is InChI=1S/C15H16F3N5O/c1-22-13(19-9-20-22)21-14(24)23-6-5-11(8-23)10-3-2-4-12(7-10)15(16,17)18/h2-4,7,9,11H,5-6,8H2,1H3,(H,19,20,21,24)/t11-/m1/s1. The molecule has 9 heteroatoms. The van der Waals surface area contributed by atoms with Crippen LogP contribution in [0, 0.1) is 0 Å². The van der Waals surface area contributed by atoms with Crippen LogP contribution in [0.2, 0.25) is 0 Å². The highest BCUT2D eigenvalue weighted by molar-refractivity contribution is 5.87. The number of aromatic nitrogens is 3. The molecule has 0 unspecified atom stereocenters. The van der Waals surface area contributed by atoms with Crippen LogP contribution in [0.15, 0.2) is 30.6 Å². The zero-order chi connectivity index (χ0) is 17.3. The maximum atomic E-state index is 12.8. The molecule has 0 aliphatic carbocycles. The molecule has 1 N–H and O–H groups in total. The van der Waals surface area contributed by atoms with Gasteiger partial charge in [0.25, 0.3) is 0 Å². The Morgan fingerprint density at radius 1 is 1.38 bits per heavy atom. The molecule has 0 spiro atoms. The zero-order valence-corrected chi connectivity index (χ0v) is 12.9. The van der Waals surface area contributed by atoms with Gasteiger partial charge in [0.15, 0.2) is 0 Å². The number of benzene rings is 1. The highest BCUT2D eigenvalue weighted by Gasteiger charge is 2.33. The predicted octanol–water partition coefficient (Wildman–Crippen LogP) is 2.86. The summed E-state index contributed by atoms with van der Waals surface area (Å²) in [6, 6.07) is 4.96. The summed E-state index contributed by atoms with van der Waals surface area (Å²) in [6.45, 7) is 0.843. The maximum Gasteiger partial charge on any atom is 0.416 e. The second kappa shape index (κ2) is 6.14. The lowest BCUT2D eigenvalue weighted by atomic mass is 9.96. The smallest absolute Gasteiger partial charge is 0.324 e. The second-order valence-electron chi connectivity index (χ2n) is 5.69. The van der Waals surface area contributed by atoms with Gasteiger partial charge in [-0.3, -0.25) is 5.32 Å². The van der Waals surface area contributed by atoms with Crippen LogP contribution in [-0.4, -0.2) is 38.8 Å². The zero-order valence-electron chi connectivity index (χ0n) is 12.9. The van der Waals surface area contributed by atoms with Gasteiger partial charge in [-0.1, -0.05) is 18.2 Å². The van der Waals surface area contributed by atoms with Gasteiger partial charge in [-0.2, -0.15) is 23.3 Å². The first-order valence-electron chi connectivity index (χ1n) is 7.41. The molecule has 2 amide bonds. The topological polar surface area (TPSA) is 63.1 Å². The van der Waals surface area contributed by atoms with E-state index in [1.807, 2.05) is 0 Å². The van der Waals surface area contributed by atoms with Crippen molar-refractivity contribution in [2.45, 2.75) is 18.5 Å². The Bertz CT molecular complexity index is 743. The molecule has 24 heavy (non-hydrogen) atoms. The summed E-state index contributed by atoms with van der Waals surface area (Å²) >= 11 is 0. The van der Waals surface area contributed by atoms with E-state index in [0.717, 1.165) is 12.1 Å². The first-order valence-corrected chi connectivity index (χ1v) is 7.41. The lowest BCUT2D eigenvalue weighted by Crippen LogP contribution is -2.33. The van der Waals surface area contributed by atoms with Crippen LogP contribution in [0.25, 0.3) is 0 Å². The Balaban J connectivity index is 1.67. The molecule has 1 aliphatic rings. The number of likely N-dealkylation sites (tertiary alicyclic amines) is 1. The van der Waals surface area contributed by atoms with Crippen LogP contribution in [0.5, 0.6) is 0 Å². The number of alkyl halides is 3. The number of anilines is 1. The molecule has 1 aromatic carbocycles. The SMILES string of the molecule is Cn1ncnc1NC(=O)N1CC[C@@H](c2cccc(C(F)(F)F)c2)C1. The van der Waals surface area contributed by atoms with Crippen LogP contribution in [0.4, 0.5) is 23.9 Å². The Morgan fingerprint density at radius 3 is 2.83 bits per heavy atom. The van der Waals surface area contributed by atoms with Crippen LogP contribution in [0.1, 0.15) is 23.5 Å². The highest BCUT2D eigenvalue weighted by Crippen LogP contribution is 2.33. The van der Waals surface area contributed by atoms with Crippen molar-refractivity contribution in [3.8, 4) is 0 Å². The summed E-state index contributed by atoms with van der Waals surface area (Å²) in [6.07, 6.45) is -2.42.